The van der Waals surface area contributed by atoms with E-state index >= 15 is 0 Å². The molecule has 0 bridgehead atoms. The van der Waals surface area contributed by atoms with Crippen molar-refractivity contribution in [3.8, 4) is 0 Å². The van der Waals surface area contributed by atoms with Crippen molar-refractivity contribution in [3.05, 3.63) is 30.1 Å². The Morgan fingerprint density at radius 3 is 2.50 bits per heavy atom. The van der Waals surface area contributed by atoms with E-state index in [0.717, 1.165) is 5.69 Å². The van der Waals surface area contributed by atoms with Crippen LogP contribution >= 0.6 is 0 Å². The molecule has 1 aliphatic rings. The number of ether oxygens (including phenoxy) is 3. The van der Waals surface area contributed by atoms with Gasteiger partial charge < -0.3 is 19.5 Å². The summed E-state index contributed by atoms with van der Waals surface area (Å²) in [5, 5.41) is 2.91. The van der Waals surface area contributed by atoms with Gasteiger partial charge in [0.05, 0.1) is 31.6 Å². The van der Waals surface area contributed by atoms with Crippen LogP contribution in [0, 0.1) is 0 Å². The first kappa shape index (κ1) is 14.7. The molecule has 0 unspecified atom stereocenters. The number of carbonyl (C=O) groups is 1. The number of amides is 1. The Kier molecular flexibility index (Phi) is 5.31. The number of carbonyl (C=O) groups excluding carboxylic acids is 1. The van der Waals surface area contributed by atoms with Crippen LogP contribution in [0.2, 0.25) is 0 Å². The van der Waals surface area contributed by atoms with Gasteiger partial charge in [-0.05, 0) is 25.0 Å². The van der Waals surface area contributed by atoms with Crippen LogP contribution in [-0.2, 0) is 19.7 Å². The normalized spacial score (nSPS) is 19.2. The Balaban J connectivity index is 2.27. The fourth-order valence-electron chi connectivity index (χ4n) is 2.28. The maximum atomic E-state index is 11.7. The molecule has 1 amide bonds. The second kappa shape index (κ2) is 7.21. The van der Waals surface area contributed by atoms with Gasteiger partial charge in [-0.25, -0.2) is 4.79 Å². The number of methoxy groups -OCH3 is 1. The van der Waals surface area contributed by atoms with Crippen LogP contribution in [-0.4, -0.2) is 44.6 Å². The molecule has 2 heterocycles. The predicted octanol–water partition coefficient (Wildman–Crippen LogP) is 1.46. The van der Waals surface area contributed by atoms with Gasteiger partial charge in [0.2, 0.25) is 0 Å². The van der Waals surface area contributed by atoms with Crippen molar-refractivity contribution >= 4 is 6.09 Å². The summed E-state index contributed by atoms with van der Waals surface area (Å²) in [5.74, 6) is 0. The average Bonchev–Trinajstić information content (AvgIpc) is 2.61. The summed E-state index contributed by atoms with van der Waals surface area (Å²) in [4.78, 5) is 16.1. The molecule has 110 valence electrons. The molecule has 0 aliphatic carbocycles. The third kappa shape index (κ3) is 3.68. The van der Waals surface area contributed by atoms with E-state index in [1.54, 1.807) is 6.20 Å². The lowest BCUT2D eigenvalue weighted by molar-refractivity contribution is 0.0584. The van der Waals surface area contributed by atoms with Crippen molar-refractivity contribution in [1.29, 1.82) is 0 Å². The summed E-state index contributed by atoms with van der Waals surface area (Å²) in [6.45, 7) is 2.20. The van der Waals surface area contributed by atoms with Crippen LogP contribution in [0.25, 0.3) is 0 Å². The van der Waals surface area contributed by atoms with Gasteiger partial charge in [0.1, 0.15) is 0 Å². The number of hydrogen-bond acceptors (Lipinski definition) is 5. The largest absolute Gasteiger partial charge is 0.453 e. The molecule has 0 atom stereocenters. The monoisotopic (exact) mass is 280 g/mol. The van der Waals surface area contributed by atoms with Gasteiger partial charge in [0.15, 0.2) is 0 Å². The van der Waals surface area contributed by atoms with Gasteiger partial charge in [0.25, 0.3) is 0 Å². The number of hydrogen-bond donors (Lipinski definition) is 1. The van der Waals surface area contributed by atoms with Crippen molar-refractivity contribution in [2.75, 3.05) is 33.5 Å². The van der Waals surface area contributed by atoms with E-state index in [-0.39, 0.29) is 0 Å². The molecule has 20 heavy (non-hydrogen) atoms. The highest BCUT2D eigenvalue weighted by molar-refractivity contribution is 5.68. The number of alkyl carbamates (subject to hydrolysis) is 1. The van der Waals surface area contributed by atoms with Crippen molar-refractivity contribution < 1.29 is 19.0 Å². The maximum absolute atomic E-state index is 11.7. The summed E-state index contributed by atoms with van der Waals surface area (Å²) < 4.78 is 15.7. The first-order valence-electron chi connectivity index (χ1n) is 6.70. The second-order valence-corrected chi connectivity index (χ2v) is 4.64. The van der Waals surface area contributed by atoms with E-state index in [1.807, 2.05) is 18.2 Å². The number of aromatic nitrogens is 1. The quantitative estimate of drug-likeness (QED) is 0.888. The molecule has 6 heteroatoms. The molecular weight excluding hydrogens is 260 g/mol. The minimum atomic E-state index is -0.626. The van der Waals surface area contributed by atoms with Crippen LogP contribution in [0.1, 0.15) is 18.5 Å². The maximum Gasteiger partial charge on any atom is 0.407 e. The van der Waals surface area contributed by atoms with E-state index in [9.17, 15) is 4.79 Å². The lowest BCUT2D eigenvalue weighted by Gasteiger charge is -2.33. The van der Waals surface area contributed by atoms with Crippen molar-refractivity contribution in [2.24, 2.45) is 0 Å². The summed E-state index contributed by atoms with van der Waals surface area (Å²) in [5.41, 5.74) is 0.165. The number of pyridine rings is 1. The van der Waals surface area contributed by atoms with Gasteiger partial charge >= 0.3 is 6.09 Å². The molecule has 0 spiro atoms. The molecule has 0 saturated carbocycles. The zero-order chi connectivity index (χ0) is 14.3. The average molecular weight is 280 g/mol. The fourth-order valence-corrected chi connectivity index (χ4v) is 2.28. The van der Waals surface area contributed by atoms with Crippen LogP contribution in [0.4, 0.5) is 4.79 Å². The highest BCUT2D eigenvalue weighted by Gasteiger charge is 2.35. The zero-order valence-corrected chi connectivity index (χ0v) is 11.6. The van der Waals surface area contributed by atoms with E-state index in [2.05, 4.69) is 10.3 Å². The Labute approximate surface area is 118 Å². The van der Waals surface area contributed by atoms with Crippen LogP contribution in [0.3, 0.4) is 0 Å². The third-order valence-electron chi connectivity index (χ3n) is 3.40. The number of nitrogens with one attached hydrogen (secondary N) is 1. The molecule has 0 aromatic carbocycles. The van der Waals surface area contributed by atoms with Gasteiger partial charge in [-0.15, -0.1) is 0 Å². The Morgan fingerprint density at radius 1 is 1.25 bits per heavy atom. The van der Waals surface area contributed by atoms with Crippen LogP contribution in [0.15, 0.2) is 24.4 Å². The Hall–Kier alpha value is -1.66. The third-order valence-corrected chi connectivity index (χ3v) is 3.40. The molecule has 2 rings (SSSR count). The van der Waals surface area contributed by atoms with Crippen LogP contribution < -0.4 is 5.32 Å². The molecule has 1 saturated heterocycles. The Bertz CT molecular complexity index is 414. The van der Waals surface area contributed by atoms with Gasteiger partial charge in [-0.2, -0.15) is 0 Å². The van der Waals surface area contributed by atoms with Crippen molar-refractivity contribution in [1.82, 2.24) is 10.3 Å². The van der Waals surface area contributed by atoms with E-state index < -0.39 is 11.6 Å². The smallest absolute Gasteiger partial charge is 0.407 e. The summed E-state index contributed by atoms with van der Waals surface area (Å²) >= 11 is 0. The highest BCUT2D eigenvalue weighted by atomic mass is 16.5. The van der Waals surface area contributed by atoms with E-state index in [0.29, 0.717) is 39.3 Å². The molecule has 6 nitrogen and oxygen atoms in total. The summed E-state index contributed by atoms with van der Waals surface area (Å²) in [6.07, 6.45) is 2.49. The SMILES string of the molecule is COC(=O)NC1(c2ccccn2)CCOCCOCC1. The predicted molar refractivity (Wildman–Crippen MR) is 72.3 cm³/mol. The lowest BCUT2D eigenvalue weighted by Crippen LogP contribution is -2.48. The Morgan fingerprint density at radius 2 is 1.95 bits per heavy atom. The molecule has 1 aliphatic heterocycles. The van der Waals surface area contributed by atoms with Gasteiger partial charge in [0, 0.05) is 19.4 Å². The first-order chi connectivity index (χ1) is 9.77. The van der Waals surface area contributed by atoms with E-state index in [1.165, 1.54) is 7.11 Å². The first-order valence-corrected chi connectivity index (χ1v) is 6.70. The van der Waals surface area contributed by atoms with Crippen molar-refractivity contribution in [3.63, 3.8) is 0 Å². The molecule has 1 aromatic heterocycles. The molecule has 0 radical (unpaired) electrons. The molecular formula is C14H20N2O4. The summed E-state index contributed by atoms with van der Waals surface area (Å²) in [6, 6.07) is 5.64. The van der Waals surface area contributed by atoms with Crippen LogP contribution in [0.5, 0.6) is 0 Å². The summed E-state index contributed by atoms with van der Waals surface area (Å²) in [7, 11) is 1.35. The molecule has 1 aromatic rings. The lowest BCUT2D eigenvalue weighted by atomic mass is 9.87. The highest BCUT2D eigenvalue weighted by Crippen LogP contribution is 2.28. The standard InChI is InChI=1S/C14H20N2O4/c1-18-13(17)16-14(12-4-2-3-7-15-12)5-8-19-10-11-20-9-6-14/h2-4,7H,5-6,8-11H2,1H3,(H,16,17). The van der Waals surface area contributed by atoms with Gasteiger partial charge in [-0.1, -0.05) is 6.07 Å². The fraction of sp³-hybridized carbons (Fsp3) is 0.571. The number of rotatable bonds is 2. The zero-order valence-electron chi connectivity index (χ0n) is 11.6. The minimum Gasteiger partial charge on any atom is -0.453 e. The number of nitrogens with zero attached hydrogens (tertiary/aromatic N) is 1. The van der Waals surface area contributed by atoms with Crippen molar-refractivity contribution in [2.45, 2.75) is 18.4 Å². The minimum absolute atomic E-state index is 0.477. The van der Waals surface area contributed by atoms with Gasteiger partial charge in [-0.3, -0.25) is 4.98 Å². The molecule has 1 N–H and O–H groups in total. The topological polar surface area (TPSA) is 69.7 Å². The molecule has 1 fully saturated rings. The van der Waals surface area contributed by atoms with E-state index in [4.69, 9.17) is 14.2 Å². The second-order valence-electron chi connectivity index (χ2n) is 4.64.